The summed E-state index contributed by atoms with van der Waals surface area (Å²) < 4.78 is 10.5. The molecule has 0 aliphatic rings. The van der Waals surface area contributed by atoms with Crippen molar-refractivity contribution in [2.24, 2.45) is 4.99 Å². The highest BCUT2D eigenvalue weighted by atomic mass is 16.5. The monoisotopic (exact) mass is 293 g/mol. The molecule has 1 aromatic carbocycles. The number of aliphatic imine (C=N–C) groups is 1. The van der Waals surface area contributed by atoms with Crippen LogP contribution in [0.2, 0.25) is 0 Å². The van der Waals surface area contributed by atoms with Gasteiger partial charge in [-0.2, -0.15) is 0 Å². The van der Waals surface area contributed by atoms with Gasteiger partial charge in [0.2, 0.25) is 0 Å². The Labute approximate surface area is 127 Å². The number of nitrogens with one attached hydrogen (secondary N) is 2. The topological polar surface area (TPSA) is 54.9 Å². The summed E-state index contributed by atoms with van der Waals surface area (Å²) >= 11 is 0. The van der Waals surface area contributed by atoms with Gasteiger partial charge in [-0.3, -0.25) is 4.99 Å². The molecule has 0 saturated heterocycles. The molecule has 0 aliphatic heterocycles. The maximum Gasteiger partial charge on any atom is 0.191 e. The van der Waals surface area contributed by atoms with E-state index in [9.17, 15) is 0 Å². The predicted octanol–water partition coefficient (Wildman–Crippen LogP) is 2.18. The van der Waals surface area contributed by atoms with Gasteiger partial charge in [0.25, 0.3) is 0 Å². The Kier molecular flexibility index (Phi) is 9.04. The lowest BCUT2D eigenvalue weighted by Crippen LogP contribution is -2.37. The van der Waals surface area contributed by atoms with E-state index in [0.29, 0.717) is 0 Å². The van der Waals surface area contributed by atoms with Gasteiger partial charge in [-0.05, 0) is 37.5 Å². The summed E-state index contributed by atoms with van der Waals surface area (Å²) in [5.74, 6) is 1.68. The van der Waals surface area contributed by atoms with Crippen LogP contribution in [-0.2, 0) is 11.3 Å². The van der Waals surface area contributed by atoms with E-state index >= 15 is 0 Å². The number of nitrogens with zero attached hydrogens (tertiary/aromatic N) is 1. The Balaban J connectivity index is 2.24. The molecule has 0 atom stereocenters. The number of unbranched alkanes of at least 4 members (excludes halogenated alkanes) is 1. The molecule has 5 heteroatoms. The zero-order valence-corrected chi connectivity index (χ0v) is 13.3. The van der Waals surface area contributed by atoms with Crippen LogP contribution in [0.15, 0.2) is 29.3 Å². The molecule has 21 heavy (non-hydrogen) atoms. The number of guanidine groups is 1. The first-order valence-corrected chi connectivity index (χ1v) is 7.45. The Hall–Kier alpha value is -1.75. The van der Waals surface area contributed by atoms with Crippen LogP contribution in [-0.4, -0.2) is 39.9 Å². The van der Waals surface area contributed by atoms with Crippen LogP contribution in [0.1, 0.15) is 25.3 Å². The first-order valence-electron chi connectivity index (χ1n) is 7.45. The first kappa shape index (κ1) is 17.3. The van der Waals surface area contributed by atoms with E-state index in [2.05, 4.69) is 21.7 Å². The Morgan fingerprint density at radius 1 is 1.24 bits per heavy atom. The van der Waals surface area contributed by atoms with Crippen molar-refractivity contribution in [2.75, 3.05) is 33.9 Å². The highest BCUT2D eigenvalue weighted by molar-refractivity contribution is 5.79. The van der Waals surface area contributed by atoms with Crippen molar-refractivity contribution in [1.29, 1.82) is 0 Å². The van der Waals surface area contributed by atoms with Crippen molar-refractivity contribution in [3.8, 4) is 5.75 Å². The Morgan fingerprint density at radius 3 is 2.81 bits per heavy atom. The first-order chi connectivity index (χ1) is 10.3. The molecule has 0 fully saturated rings. The fourth-order valence-electron chi connectivity index (χ4n) is 1.87. The number of hydrogen-bond donors (Lipinski definition) is 2. The lowest BCUT2D eigenvalue weighted by Gasteiger charge is -2.12. The van der Waals surface area contributed by atoms with Crippen molar-refractivity contribution in [3.63, 3.8) is 0 Å². The average molecular weight is 293 g/mol. The second-order valence-corrected chi connectivity index (χ2v) is 4.61. The van der Waals surface area contributed by atoms with E-state index in [1.807, 2.05) is 25.1 Å². The van der Waals surface area contributed by atoms with Gasteiger partial charge in [-0.1, -0.05) is 12.1 Å². The fourth-order valence-corrected chi connectivity index (χ4v) is 1.87. The zero-order chi connectivity index (χ0) is 15.3. The van der Waals surface area contributed by atoms with Crippen LogP contribution in [0.25, 0.3) is 0 Å². The highest BCUT2D eigenvalue weighted by Gasteiger charge is 1.99. The minimum atomic E-state index is 0.718. The van der Waals surface area contributed by atoms with Gasteiger partial charge in [0.1, 0.15) is 5.75 Å². The normalized spacial score (nSPS) is 11.3. The third kappa shape index (κ3) is 7.56. The summed E-state index contributed by atoms with van der Waals surface area (Å²) in [5.41, 5.74) is 1.16. The average Bonchev–Trinajstić information content (AvgIpc) is 2.53. The summed E-state index contributed by atoms with van der Waals surface area (Å²) in [6.45, 7) is 5.24. The quantitative estimate of drug-likeness (QED) is 0.416. The third-order valence-corrected chi connectivity index (χ3v) is 3.03. The molecule has 5 nitrogen and oxygen atoms in total. The minimum Gasteiger partial charge on any atom is -0.497 e. The SMILES string of the molecule is CCOCCCCNC(=NC)NCc1cccc(OC)c1. The molecular formula is C16H27N3O2. The number of methoxy groups -OCH3 is 1. The standard InChI is InChI=1S/C16H27N3O2/c1-4-21-11-6-5-10-18-16(17-2)19-13-14-8-7-9-15(12-14)20-3/h7-9,12H,4-6,10-11,13H2,1-3H3,(H2,17,18,19). The van der Waals surface area contributed by atoms with E-state index in [-0.39, 0.29) is 0 Å². The molecule has 2 N–H and O–H groups in total. The van der Waals surface area contributed by atoms with Crippen LogP contribution in [0.3, 0.4) is 0 Å². The maximum absolute atomic E-state index is 5.31. The van der Waals surface area contributed by atoms with Crippen molar-refractivity contribution in [3.05, 3.63) is 29.8 Å². The Morgan fingerprint density at radius 2 is 2.10 bits per heavy atom. The summed E-state index contributed by atoms with van der Waals surface area (Å²) in [6, 6.07) is 8.00. The number of ether oxygens (including phenoxy) is 2. The number of rotatable bonds is 9. The molecule has 1 rings (SSSR count). The second kappa shape index (κ2) is 11.0. The van der Waals surface area contributed by atoms with Crippen molar-refractivity contribution in [1.82, 2.24) is 10.6 Å². The van der Waals surface area contributed by atoms with Gasteiger partial charge >= 0.3 is 0 Å². The molecule has 0 aromatic heterocycles. The number of benzene rings is 1. The van der Waals surface area contributed by atoms with Gasteiger partial charge in [0.05, 0.1) is 7.11 Å². The molecule has 0 heterocycles. The fraction of sp³-hybridized carbons (Fsp3) is 0.562. The van der Waals surface area contributed by atoms with Gasteiger partial charge < -0.3 is 20.1 Å². The molecule has 0 spiro atoms. The van der Waals surface area contributed by atoms with E-state index in [1.165, 1.54) is 0 Å². The van der Waals surface area contributed by atoms with Crippen molar-refractivity contribution >= 4 is 5.96 Å². The zero-order valence-electron chi connectivity index (χ0n) is 13.3. The van der Waals surface area contributed by atoms with Crippen LogP contribution < -0.4 is 15.4 Å². The summed E-state index contributed by atoms with van der Waals surface area (Å²) in [6.07, 6.45) is 2.13. The van der Waals surface area contributed by atoms with Crippen LogP contribution >= 0.6 is 0 Å². The van der Waals surface area contributed by atoms with E-state index in [4.69, 9.17) is 9.47 Å². The largest absolute Gasteiger partial charge is 0.497 e. The molecule has 0 amide bonds. The van der Waals surface area contributed by atoms with Gasteiger partial charge in [-0.25, -0.2) is 0 Å². The molecule has 0 aliphatic carbocycles. The molecule has 118 valence electrons. The van der Waals surface area contributed by atoms with E-state index < -0.39 is 0 Å². The van der Waals surface area contributed by atoms with E-state index in [1.54, 1.807) is 14.2 Å². The highest BCUT2D eigenvalue weighted by Crippen LogP contribution is 2.11. The lowest BCUT2D eigenvalue weighted by molar-refractivity contribution is 0.143. The van der Waals surface area contributed by atoms with Crippen molar-refractivity contribution in [2.45, 2.75) is 26.3 Å². The Bertz CT molecular complexity index is 422. The molecule has 1 aromatic rings. The molecular weight excluding hydrogens is 266 g/mol. The minimum absolute atomic E-state index is 0.718. The second-order valence-electron chi connectivity index (χ2n) is 4.61. The van der Waals surface area contributed by atoms with Gasteiger partial charge in [-0.15, -0.1) is 0 Å². The van der Waals surface area contributed by atoms with E-state index in [0.717, 1.165) is 56.4 Å². The molecule has 0 saturated carbocycles. The third-order valence-electron chi connectivity index (χ3n) is 3.03. The van der Waals surface area contributed by atoms with Crippen LogP contribution in [0.5, 0.6) is 5.75 Å². The molecule has 0 bridgehead atoms. The summed E-state index contributed by atoms with van der Waals surface area (Å²) in [7, 11) is 3.45. The summed E-state index contributed by atoms with van der Waals surface area (Å²) in [5, 5.41) is 6.59. The van der Waals surface area contributed by atoms with Gasteiger partial charge in [0.15, 0.2) is 5.96 Å². The van der Waals surface area contributed by atoms with Crippen LogP contribution in [0.4, 0.5) is 0 Å². The lowest BCUT2D eigenvalue weighted by atomic mass is 10.2. The van der Waals surface area contributed by atoms with Crippen molar-refractivity contribution < 1.29 is 9.47 Å². The molecule has 0 radical (unpaired) electrons. The van der Waals surface area contributed by atoms with Gasteiger partial charge in [0, 0.05) is 33.4 Å². The maximum atomic E-state index is 5.31. The summed E-state index contributed by atoms with van der Waals surface area (Å²) in [4.78, 5) is 4.21. The van der Waals surface area contributed by atoms with Crippen LogP contribution in [0, 0.1) is 0 Å². The predicted molar refractivity (Wildman–Crippen MR) is 86.9 cm³/mol. The molecule has 0 unspecified atom stereocenters. The smallest absolute Gasteiger partial charge is 0.191 e. The number of hydrogen-bond acceptors (Lipinski definition) is 3.